The van der Waals surface area contributed by atoms with Crippen LogP contribution in [0.5, 0.6) is 17.2 Å². The highest BCUT2D eigenvalue weighted by Gasteiger charge is 2.22. The molecule has 0 bridgehead atoms. The van der Waals surface area contributed by atoms with Crippen molar-refractivity contribution in [1.82, 2.24) is 112 Å². The van der Waals surface area contributed by atoms with Gasteiger partial charge < -0.3 is 35.5 Å². The number of nitrogens with one attached hydrogen (secondary N) is 12. The number of hydrogen-bond donors (Lipinski definition) is 12. The third-order valence-electron chi connectivity index (χ3n) is 20.4. The monoisotopic (exact) mass is 1690 g/mol. The van der Waals surface area contributed by atoms with Crippen LogP contribution in [0.3, 0.4) is 0 Å². The summed E-state index contributed by atoms with van der Waals surface area (Å²) >= 11 is 0. The Morgan fingerprint density at radius 3 is 1.19 bits per heavy atom. The van der Waals surface area contributed by atoms with Gasteiger partial charge in [0.25, 0.3) is 23.6 Å². The average molecular weight is 1690 g/mol. The van der Waals surface area contributed by atoms with Crippen LogP contribution in [0.15, 0.2) is 286 Å². The highest BCUT2D eigenvalue weighted by molar-refractivity contribution is 6.08. The maximum atomic E-state index is 14.4. The molecule has 0 spiro atoms. The third-order valence-corrected chi connectivity index (χ3v) is 20.4. The second-order valence-corrected chi connectivity index (χ2v) is 28.6. The van der Waals surface area contributed by atoms with Gasteiger partial charge in [-0.1, -0.05) is 66.7 Å². The predicted octanol–water partition coefficient (Wildman–Crippen LogP) is 16.5. The van der Waals surface area contributed by atoms with Crippen LogP contribution in [0.1, 0.15) is 47.0 Å². The quantitative estimate of drug-likeness (QED) is 0.0315. The summed E-state index contributed by atoms with van der Waals surface area (Å²) in [5.41, 5.74) is 16.1. The van der Waals surface area contributed by atoms with E-state index >= 15 is 0 Å². The lowest BCUT2D eigenvalue weighted by atomic mass is 10.0. The van der Waals surface area contributed by atoms with Gasteiger partial charge in [-0.25, -0.2) is 33.1 Å². The minimum atomic E-state index is -0.646. The fourth-order valence-corrected chi connectivity index (χ4v) is 14.1. The van der Waals surface area contributed by atoms with E-state index < -0.39 is 11.7 Å². The summed E-state index contributed by atoms with van der Waals surface area (Å²) in [7, 11) is 0. The van der Waals surface area contributed by atoms with Gasteiger partial charge in [0.15, 0.2) is 34.8 Å². The number of carbonyl (C=O) groups is 4. The molecule has 0 saturated carbocycles. The Morgan fingerprint density at radius 1 is 0.346 bits per heavy atom. The van der Waals surface area contributed by atoms with Gasteiger partial charge in [0.05, 0.1) is 57.0 Å². The molecule has 0 fully saturated rings. The van der Waals surface area contributed by atoms with E-state index in [0.29, 0.717) is 106 Å². The van der Waals surface area contributed by atoms with E-state index in [0.717, 1.165) is 105 Å². The largest absolute Gasteiger partial charge is 0.492 e. The molecule has 0 atom stereocenters. The SMILES string of the molecule is O=C(NCCOc1ccccc1)c1cccc(-c2n[nH]c3ccc(-c4ncn[nH]4)cc23)c1.O=C(NCc1ccc(F)cc1)c1cc(-c2n[nH]c3ccc(-c4ncn[nH]4)cc23)ccc1F.O=C(Nc1ccc(F)cc1)c1cccc(-c2n[nH]c3ccc(-c4ncn[nH]4)cc23)c1.O=C(Nc1ccc2c(c1)OCCO2)c1cccc(-c2n[nH]c3ccc(-c4ncn[nH]4)cc23)c1. The van der Waals surface area contributed by atoms with E-state index in [2.05, 4.69) is 123 Å². The molecule has 31 nitrogen and oxygen atoms in total. The fraction of sp³-hybridized carbons (Fsp3) is 0.0538. The molecule has 0 unspecified atom stereocenters. The normalized spacial score (nSPS) is 11.4. The Balaban J connectivity index is 0.000000115. The second kappa shape index (κ2) is 36.6. The first-order valence-electron chi connectivity index (χ1n) is 39.5. The van der Waals surface area contributed by atoms with Gasteiger partial charge in [-0.3, -0.25) is 60.0 Å². The molecule has 8 aromatic heterocycles. The van der Waals surface area contributed by atoms with E-state index in [-0.39, 0.29) is 41.5 Å². The van der Waals surface area contributed by atoms with Crippen molar-refractivity contribution < 1.29 is 46.6 Å². The van der Waals surface area contributed by atoms with Gasteiger partial charge in [0, 0.05) is 107 Å². The Bertz CT molecular complexity index is 7310. The third kappa shape index (κ3) is 18.4. The van der Waals surface area contributed by atoms with E-state index in [1.54, 1.807) is 66.7 Å². The molecular weight excluding hydrogens is 1620 g/mol. The van der Waals surface area contributed by atoms with Crippen LogP contribution in [0.4, 0.5) is 24.5 Å². The fourth-order valence-electron chi connectivity index (χ4n) is 14.1. The Hall–Kier alpha value is -17.9. The van der Waals surface area contributed by atoms with Crippen LogP contribution in [0.2, 0.25) is 0 Å². The number of nitrogens with zero attached hydrogens (tertiary/aromatic N) is 12. The van der Waals surface area contributed by atoms with Crippen LogP contribution in [-0.2, 0) is 6.54 Å². The van der Waals surface area contributed by atoms with E-state index in [9.17, 15) is 32.3 Å². The van der Waals surface area contributed by atoms with Crippen LogP contribution in [-0.4, -0.2) is 152 Å². The smallest absolute Gasteiger partial charge is 0.255 e. The molecule has 624 valence electrons. The number of H-pyrrole nitrogens is 8. The molecule has 21 rings (SSSR count). The standard InChI is InChI=1S/C24H18N6O3.C24H20N6O2.C23H16F2N6O.C22H15FN6O/c31-24(27-17-5-7-20-21(12-17)33-9-8-32-20)16-3-1-2-14(10-16)22-18-11-15(23-25-13-26-30-23)4-6-19(18)28-29-22;31-24(25-11-12-32-19-7-2-1-3-8-19)18-6-4-5-16(13-18)22-20-14-17(23-26-15-27-30-23)9-10-21(20)28-29-22;24-16-5-1-13(2-6-16)11-26-23(32)17-9-14(3-7-19(17)25)21-18-10-15(22-27-12-28-31-22)4-8-20(18)29-30-21;23-16-5-7-17(8-6-16)26-22(30)15-3-1-2-13(10-15)20-18-11-14(21-24-12-25-29-21)4-9-19(18)27-28-20/h1-7,10-13H,8-9H2,(H,27,31)(H,28,29)(H,25,26,30);1-10,13-15H,11-12H2,(H,25,31)(H,28,29)(H,26,27,30);1-10,12H,11H2,(H,26,32)(H,29,30)(H,27,28,31);1-12H,(H,26,30)(H,27,28)(H,24,25,29). The van der Waals surface area contributed by atoms with Crippen molar-refractivity contribution in [2.45, 2.75) is 6.54 Å². The molecule has 1 aliphatic heterocycles. The van der Waals surface area contributed by atoms with Gasteiger partial charge in [0.2, 0.25) is 0 Å². The number of benzene rings is 12. The van der Waals surface area contributed by atoms with Crippen LogP contribution >= 0.6 is 0 Å². The molecule has 20 aromatic rings. The maximum absolute atomic E-state index is 14.4. The zero-order chi connectivity index (χ0) is 86.5. The van der Waals surface area contributed by atoms with E-state index in [1.807, 2.05) is 146 Å². The molecule has 9 heterocycles. The number of aromatic amines is 8. The number of halogens is 3. The lowest BCUT2D eigenvalue weighted by Gasteiger charge is -2.19. The van der Waals surface area contributed by atoms with Crippen molar-refractivity contribution in [1.29, 1.82) is 0 Å². The van der Waals surface area contributed by atoms with E-state index in [1.165, 1.54) is 73.8 Å². The topological polar surface area (TPSA) is 425 Å². The molecule has 0 saturated heterocycles. The molecule has 34 heteroatoms. The number of ether oxygens (including phenoxy) is 3. The first kappa shape index (κ1) is 80.2. The van der Waals surface area contributed by atoms with Gasteiger partial charge in [-0.2, -0.15) is 40.8 Å². The second-order valence-electron chi connectivity index (χ2n) is 28.6. The lowest BCUT2D eigenvalue weighted by Crippen LogP contribution is -2.28. The summed E-state index contributed by atoms with van der Waals surface area (Å²) < 4.78 is 57.3. The first-order valence-corrected chi connectivity index (χ1v) is 39.5. The van der Waals surface area contributed by atoms with Gasteiger partial charge in [-0.15, -0.1) is 0 Å². The Kier molecular flexibility index (Phi) is 23.1. The minimum absolute atomic E-state index is 0.104. The van der Waals surface area contributed by atoms with Gasteiger partial charge in [-0.05, 0) is 194 Å². The first-order chi connectivity index (χ1) is 62.3. The van der Waals surface area contributed by atoms with Crippen LogP contribution < -0.4 is 35.5 Å². The molecule has 127 heavy (non-hydrogen) atoms. The number of hydrogen-bond acceptors (Lipinski definition) is 19. The van der Waals surface area contributed by atoms with Gasteiger partial charge in [0.1, 0.15) is 68.3 Å². The highest BCUT2D eigenvalue weighted by atomic mass is 19.1. The van der Waals surface area contributed by atoms with Crippen molar-refractivity contribution in [2.75, 3.05) is 37.0 Å². The summed E-state index contributed by atoms with van der Waals surface area (Å²) in [6.07, 6.45) is 5.83. The van der Waals surface area contributed by atoms with Crippen molar-refractivity contribution in [3.8, 4) is 108 Å². The summed E-state index contributed by atoms with van der Waals surface area (Å²) in [5.74, 6) is 2.10. The molecule has 12 N–H and O–H groups in total. The summed E-state index contributed by atoms with van der Waals surface area (Å²) in [6, 6.07) is 75.7. The number of aromatic nitrogens is 20. The zero-order valence-corrected chi connectivity index (χ0v) is 66.5. The van der Waals surface area contributed by atoms with Crippen molar-refractivity contribution >= 4 is 78.6 Å². The molecule has 12 aromatic carbocycles. The molecule has 1 aliphatic rings. The number of para-hydroxylation sites is 1. The number of amides is 4. The Morgan fingerprint density at radius 2 is 0.748 bits per heavy atom. The van der Waals surface area contributed by atoms with Gasteiger partial charge >= 0.3 is 0 Å². The number of anilines is 2. The molecule has 4 amide bonds. The molecular formula is C93H69F3N24O7. The number of fused-ring (bicyclic) bond motifs is 5. The van der Waals surface area contributed by atoms with Crippen molar-refractivity contribution in [3.63, 3.8) is 0 Å². The molecule has 0 radical (unpaired) electrons. The van der Waals surface area contributed by atoms with Crippen LogP contribution in [0, 0.1) is 17.5 Å². The maximum Gasteiger partial charge on any atom is 0.255 e. The summed E-state index contributed by atoms with van der Waals surface area (Å²) in [4.78, 5) is 67.6. The zero-order valence-electron chi connectivity index (χ0n) is 66.5. The summed E-state index contributed by atoms with van der Waals surface area (Å²) in [6.45, 7) is 1.96. The number of rotatable bonds is 20. The van der Waals surface area contributed by atoms with Crippen molar-refractivity contribution in [3.05, 3.63) is 331 Å². The Labute approximate surface area is 716 Å². The average Bonchev–Trinajstić information content (AvgIpc) is 1.67. The lowest BCUT2D eigenvalue weighted by molar-refractivity contribution is 0.0939. The molecule has 0 aliphatic carbocycles. The van der Waals surface area contributed by atoms with Crippen molar-refractivity contribution in [2.24, 2.45) is 0 Å². The summed E-state index contributed by atoms with van der Waals surface area (Å²) in [5, 5.41) is 71.7. The minimum Gasteiger partial charge on any atom is -0.492 e. The number of carbonyl (C=O) groups excluding carboxylic acids is 4. The highest BCUT2D eigenvalue weighted by Crippen LogP contribution is 2.37. The van der Waals surface area contributed by atoms with E-state index in [4.69, 9.17) is 14.2 Å². The predicted molar refractivity (Wildman–Crippen MR) is 469 cm³/mol. The van der Waals surface area contributed by atoms with Crippen LogP contribution in [0.25, 0.3) is 134 Å².